The number of nitrogens with one attached hydrogen (secondary N) is 1. The number of thioether (sulfide) groups is 1. The lowest BCUT2D eigenvalue weighted by atomic mass is 10.0. The number of carboxylic acids is 1. The highest BCUT2D eigenvalue weighted by Gasteiger charge is 2.31. The van der Waals surface area contributed by atoms with Gasteiger partial charge in [0, 0.05) is 10.3 Å². The molecule has 0 aliphatic heterocycles. The van der Waals surface area contributed by atoms with Gasteiger partial charge >= 0.3 is 12.1 Å². The third-order valence-electron chi connectivity index (χ3n) is 5.35. The van der Waals surface area contributed by atoms with Crippen molar-refractivity contribution >= 4 is 28.6 Å². The number of H-pyrrole nitrogens is 1. The Balaban J connectivity index is 1.74. The minimum Gasteiger partial charge on any atom is -0.497 e. The number of aryl methyl sites for hydroxylation is 1. The summed E-state index contributed by atoms with van der Waals surface area (Å²) in [7, 11) is 1.56. The predicted molar refractivity (Wildman–Crippen MR) is 126 cm³/mol. The van der Waals surface area contributed by atoms with Crippen LogP contribution in [-0.4, -0.2) is 35.0 Å². The monoisotopic (exact) mass is 502 g/mol. The second-order valence-electron chi connectivity index (χ2n) is 7.75. The highest BCUT2D eigenvalue weighted by Crippen LogP contribution is 2.44. The number of benzene rings is 3. The van der Waals surface area contributed by atoms with Crippen LogP contribution in [0.5, 0.6) is 11.5 Å². The number of carboxylic acid groups (broad SMARTS) is 1. The van der Waals surface area contributed by atoms with Crippen LogP contribution in [0.4, 0.5) is 13.2 Å². The summed E-state index contributed by atoms with van der Waals surface area (Å²) in [5, 5.41) is 16.6. The molecule has 0 fully saturated rings. The van der Waals surface area contributed by atoms with Crippen LogP contribution in [-0.2, 0) is 11.0 Å². The molecule has 1 heterocycles. The van der Waals surface area contributed by atoms with E-state index in [4.69, 9.17) is 14.6 Å². The zero-order chi connectivity index (χ0) is 25.2. The van der Waals surface area contributed by atoms with Crippen molar-refractivity contribution in [2.24, 2.45) is 0 Å². The van der Waals surface area contributed by atoms with E-state index in [2.05, 4.69) is 10.2 Å². The number of halogens is 3. The number of hydrogen-bond acceptors (Lipinski definition) is 5. The summed E-state index contributed by atoms with van der Waals surface area (Å²) in [4.78, 5) is 11.6. The minimum absolute atomic E-state index is 0.417. The van der Waals surface area contributed by atoms with Gasteiger partial charge in [-0.25, -0.2) is 4.79 Å². The second kappa shape index (κ2) is 9.91. The third-order valence-corrected chi connectivity index (χ3v) is 6.61. The molecule has 4 rings (SSSR count). The van der Waals surface area contributed by atoms with Gasteiger partial charge in [-0.1, -0.05) is 12.1 Å². The van der Waals surface area contributed by atoms with Crippen molar-refractivity contribution in [2.75, 3.05) is 13.7 Å². The first kappa shape index (κ1) is 24.5. The number of alkyl halides is 3. The van der Waals surface area contributed by atoms with Crippen LogP contribution >= 0.6 is 11.8 Å². The van der Waals surface area contributed by atoms with Gasteiger partial charge in [-0.3, -0.25) is 5.10 Å². The first-order valence-electron chi connectivity index (χ1n) is 10.5. The molecule has 0 aliphatic rings. The first-order chi connectivity index (χ1) is 16.7. The van der Waals surface area contributed by atoms with E-state index in [0.29, 0.717) is 28.3 Å². The van der Waals surface area contributed by atoms with Gasteiger partial charge in [-0.05, 0) is 66.6 Å². The summed E-state index contributed by atoms with van der Waals surface area (Å²) in [6, 6.07) is 15.8. The molecule has 35 heavy (non-hydrogen) atoms. The van der Waals surface area contributed by atoms with E-state index >= 15 is 0 Å². The number of aromatic amines is 1. The highest BCUT2D eigenvalue weighted by molar-refractivity contribution is 7.99. The van der Waals surface area contributed by atoms with Crippen LogP contribution in [0.25, 0.3) is 10.9 Å². The average Bonchev–Trinajstić information content (AvgIpc) is 3.24. The van der Waals surface area contributed by atoms with Gasteiger partial charge in [0.05, 0.1) is 29.1 Å². The van der Waals surface area contributed by atoms with Crippen molar-refractivity contribution in [3.05, 3.63) is 83.0 Å². The van der Waals surface area contributed by atoms with Crippen molar-refractivity contribution in [3.8, 4) is 11.5 Å². The van der Waals surface area contributed by atoms with E-state index in [1.807, 2.05) is 12.1 Å². The van der Waals surface area contributed by atoms with Crippen LogP contribution in [0.1, 0.15) is 27.6 Å². The summed E-state index contributed by atoms with van der Waals surface area (Å²) in [6.45, 7) is 1.34. The van der Waals surface area contributed by atoms with E-state index in [9.17, 15) is 18.0 Å². The lowest BCUT2D eigenvalue weighted by Gasteiger charge is -2.18. The van der Waals surface area contributed by atoms with Crippen molar-refractivity contribution in [1.29, 1.82) is 0 Å². The molecule has 1 atom stereocenters. The van der Waals surface area contributed by atoms with Gasteiger partial charge in [0.1, 0.15) is 11.5 Å². The third kappa shape index (κ3) is 5.54. The zero-order valence-electron chi connectivity index (χ0n) is 18.7. The summed E-state index contributed by atoms with van der Waals surface area (Å²) < 4.78 is 50.1. The van der Waals surface area contributed by atoms with Crippen molar-refractivity contribution in [3.63, 3.8) is 0 Å². The quantitative estimate of drug-likeness (QED) is 0.277. The summed E-state index contributed by atoms with van der Waals surface area (Å²) in [6.07, 6.45) is -4.43. The Morgan fingerprint density at radius 1 is 1.11 bits per heavy atom. The van der Waals surface area contributed by atoms with E-state index in [1.165, 1.54) is 23.9 Å². The molecule has 6 nitrogen and oxygen atoms in total. The molecule has 10 heteroatoms. The van der Waals surface area contributed by atoms with Crippen molar-refractivity contribution < 1.29 is 32.5 Å². The molecule has 4 aromatic rings. The van der Waals surface area contributed by atoms with E-state index in [-0.39, 0.29) is 0 Å². The average molecular weight is 503 g/mol. The largest absolute Gasteiger partial charge is 0.497 e. The zero-order valence-corrected chi connectivity index (χ0v) is 19.5. The Hall–Kier alpha value is -3.66. The molecule has 0 radical (unpaired) electrons. The Labute approximate surface area is 203 Å². The predicted octanol–water partition coefficient (Wildman–Crippen LogP) is 6.24. The Bertz CT molecular complexity index is 1350. The van der Waals surface area contributed by atoms with Crippen LogP contribution in [0.15, 0.2) is 65.6 Å². The maximum Gasteiger partial charge on any atom is 0.416 e. The summed E-state index contributed by atoms with van der Waals surface area (Å²) in [5.41, 5.74) is 2.08. The fourth-order valence-corrected chi connectivity index (χ4v) is 4.86. The minimum atomic E-state index is -4.43. The fourth-order valence-electron chi connectivity index (χ4n) is 3.61. The molecule has 3 aromatic carbocycles. The molecule has 0 aliphatic carbocycles. The summed E-state index contributed by atoms with van der Waals surface area (Å²) in [5.74, 6) is -0.00146. The highest BCUT2D eigenvalue weighted by atomic mass is 32.2. The molecule has 2 N–H and O–H groups in total. The van der Waals surface area contributed by atoms with Gasteiger partial charge < -0.3 is 14.6 Å². The van der Waals surface area contributed by atoms with E-state index < -0.39 is 29.6 Å². The molecule has 0 spiro atoms. The normalized spacial score (nSPS) is 12.5. The molecule has 182 valence electrons. The number of methoxy groups -OCH3 is 1. The number of aliphatic carboxylic acids is 1. The number of carbonyl (C=O) groups is 1. The fraction of sp³-hybridized carbons (Fsp3) is 0.200. The Morgan fingerprint density at radius 2 is 1.86 bits per heavy atom. The van der Waals surface area contributed by atoms with Gasteiger partial charge in [0.2, 0.25) is 0 Å². The second-order valence-corrected chi connectivity index (χ2v) is 8.93. The molecule has 0 saturated heterocycles. The number of nitrogens with zero attached hydrogens (tertiary/aromatic N) is 1. The Morgan fingerprint density at radius 3 is 2.49 bits per heavy atom. The van der Waals surface area contributed by atoms with E-state index in [1.54, 1.807) is 38.3 Å². The lowest BCUT2D eigenvalue weighted by molar-refractivity contribution is -0.139. The molecule has 0 amide bonds. The molecule has 0 bridgehead atoms. The van der Waals surface area contributed by atoms with Gasteiger partial charge in [0.15, 0.2) is 6.61 Å². The number of hydrogen-bond donors (Lipinski definition) is 2. The van der Waals surface area contributed by atoms with Crippen LogP contribution in [0.3, 0.4) is 0 Å². The molecular weight excluding hydrogens is 481 g/mol. The number of aromatic nitrogens is 2. The van der Waals surface area contributed by atoms with Crippen molar-refractivity contribution in [1.82, 2.24) is 10.2 Å². The first-order valence-corrected chi connectivity index (χ1v) is 11.3. The number of fused-ring (bicyclic) bond motifs is 1. The maximum absolute atomic E-state index is 13.1. The molecular formula is C25H21F3N2O4S. The number of rotatable bonds is 8. The lowest BCUT2D eigenvalue weighted by Crippen LogP contribution is -2.10. The van der Waals surface area contributed by atoms with E-state index in [0.717, 1.165) is 28.0 Å². The maximum atomic E-state index is 13.1. The van der Waals surface area contributed by atoms with Crippen molar-refractivity contribution in [2.45, 2.75) is 23.2 Å². The van der Waals surface area contributed by atoms with Crippen LogP contribution in [0, 0.1) is 6.92 Å². The van der Waals surface area contributed by atoms with Crippen LogP contribution in [0.2, 0.25) is 0 Å². The summed E-state index contributed by atoms with van der Waals surface area (Å²) >= 11 is 1.42. The smallest absolute Gasteiger partial charge is 0.416 e. The standard InChI is InChI=1S/C25H21F3N2O4S/c1-14-11-18(8-10-21(14)34-13-22(31)32)35-24(15-3-5-16(6-4-15)25(26,27)28)23-19-12-17(33-2)7-9-20(19)29-30-23/h3-12,24H,13H2,1-2H3,(H,29,30)(H,31,32). The van der Waals surface area contributed by atoms with Gasteiger partial charge in [-0.2, -0.15) is 18.3 Å². The topological polar surface area (TPSA) is 84.4 Å². The number of ether oxygens (including phenoxy) is 2. The SMILES string of the molecule is COc1ccc2n[nH]c(C(Sc3ccc(OCC(=O)O)c(C)c3)c3ccc(C(F)(F)F)cc3)c2c1. The molecule has 0 saturated carbocycles. The van der Waals surface area contributed by atoms with Crippen LogP contribution < -0.4 is 9.47 Å². The Kier molecular flexibility index (Phi) is 6.93. The molecule has 1 unspecified atom stereocenters. The van der Waals surface area contributed by atoms with Gasteiger partial charge in [0.25, 0.3) is 0 Å². The van der Waals surface area contributed by atoms with Gasteiger partial charge in [-0.15, -0.1) is 11.8 Å². The molecule has 1 aromatic heterocycles.